The highest BCUT2D eigenvalue weighted by atomic mass is 79.9. The molecular weight excluding hydrogens is 269 g/mol. The molecule has 0 unspecified atom stereocenters. The topological polar surface area (TPSA) is 38.3 Å². The van der Waals surface area contributed by atoms with Gasteiger partial charge in [-0.25, -0.2) is 4.79 Å². The van der Waals surface area contributed by atoms with Gasteiger partial charge in [0.2, 0.25) is 0 Å². The third-order valence-electron chi connectivity index (χ3n) is 1.92. The average molecular weight is 279 g/mol. The van der Waals surface area contributed by atoms with E-state index in [1.165, 1.54) is 0 Å². The molecule has 1 atom stereocenters. The number of amides is 1. The molecular formula is C9H9BrClNO2. The van der Waals surface area contributed by atoms with E-state index in [-0.39, 0.29) is 24.5 Å². The van der Waals surface area contributed by atoms with Crippen molar-refractivity contribution in [3.05, 3.63) is 34.3 Å². The molecule has 1 N–H and O–H groups in total. The van der Waals surface area contributed by atoms with Crippen LogP contribution in [0.15, 0.2) is 28.7 Å². The Morgan fingerprint density at radius 1 is 1.50 bits per heavy atom. The van der Waals surface area contributed by atoms with E-state index in [0.29, 0.717) is 6.61 Å². The van der Waals surface area contributed by atoms with Gasteiger partial charge in [0, 0.05) is 4.47 Å². The quantitative estimate of drug-likeness (QED) is 0.857. The molecule has 0 bridgehead atoms. The van der Waals surface area contributed by atoms with Gasteiger partial charge < -0.3 is 10.1 Å². The van der Waals surface area contributed by atoms with E-state index in [1.807, 2.05) is 24.3 Å². The second-order valence-electron chi connectivity index (χ2n) is 2.85. The fraction of sp³-hybridized carbons (Fsp3) is 0.222. The predicted octanol–water partition coefficient (Wildman–Crippen LogP) is 2.65. The summed E-state index contributed by atoms with van der Waals surface area (Å²) in [7, 11) is 0. The van der Waals surface area contributed by atoms with E-state index in [0.717, 1.165) is 10.0 Å². The predicted molar refractivity (Wildman–Crippen MR) is 58.6 cm³/mol. The van der Waals surface area contributed by atoms with Crippen LogP contribution in [0.3, 0.4) is 0 Å². The monoisotopic (exact) mass is 277 g/mol. The number of benzene rings is 1. The molecule has 5 heteroatoms. The first kappa shape index (κ1) is 11.3. The van der Waals surface area contributed by atoms with Crippen molar-refractivity contribution < 1.29 is 9.53 Å². The zero-order valence-electron chi connectivity index (χ0n) is 7.20. The molecule has 76 valence electrons. The highest BCUT2D eigenvalue weighted by Gasteiger charge is 2.23. The average Bonchev–Trinajstić information content (AvgIpc) is 2.52. The van der Waals surface area contributed by atoms with Crippen molar-refractivity contribution in [1.29, 1.82) is 0 Å². The van der Waals surface area contributed by atoms with Crippen LogP contribution in [0.2, 0.25) is 0 Å². The fourth-order valence-corrected chi connectivity index (χ4v) is 1.70. The Labute approximate surface area is 96.4 Å². The lowest BCUT2D eigenvalue weighted by Crippen LogP contribution is -2.18. The van der Waals surface area contributed by atoms with Gasteiger partial charge in [-0.05, 0) is 17.7 Å². The molecule has 0 saturated carbocycles. The number of hydrogen-bond acceptors (Lipinski definition) is 2. The maximum Gasteiger partial charge on any atom is 0.407 e. The Kier molecular flexibility index (Phi) is 3.77. The second-order valence-corrected chi connectivity index (χ2v) is 3.77. The molecule has 0 aliphatic carbocycles. The summed E-state index contributed by atoms with van der Waals surface area (Å²) in [6.45, 7) is 0.412. The molecule has 1 aromatic carbocycles. The Morgan fingerprint density at radius 2 is 2.29 bits per heavy atom. The van der Waals surface area contributed by atoms with Crippen LogP contribution in [0.5, 0.6) is 0 Å². The summed E-state index contributed by atoms with van der Waals surface area (Å²) in [5.74, 6) is 0. The third-order valence-corrected chi connectivity index (χ3v) is 2.42. The standard InChI is InChI=1S/C9H8BrNO2.ClH/c10-7-3-1-2-6(4-7)8-5-13-9(12)11-8;/h1-4,8H,5H2,(H,11,12);1H/t8-;/m0./s1. The van der Waals surface area contributed by atoms with Crippen molar-refractivity contribution in [2.75, 3.05) is 6.61 Å². The molecule has 0 spiro atoms. The number of hydrogen-bond donors (Lipinski definition) is 1. The molecule has 1 saturated heterocycles. The van der Waals surface area contributed by atoms with Crippen LogP contribution in [0, 0.1) is 0 Å². The van der Waals surface area contributed by atoms with E-state index in [2.05, 4.69) is 21.2 Å². The van der Waals surface area contributed by atoms with Crippen LogP contribution in [0.4, 0.5) is 4.79 Å². The van der Waals surface area contributed by atoms with Crippen molar-refractivity contribution in [3.63, 3.8) is 0 Å². The smallest absolute Gasteiger partial charge is 0.407 e. The first-order chi connectivity index (χ1) is 6.25. The number of carbonyl (C=O) groups excluding carboxylic acids is 1. The van der Waals surface area contributed by atoms with Crippen LogP contribution >= 0.6 is 28.3 Å². The van der Waals surface area contributed by atoms with Crippen molar-refractivity contribution >= 4 is 34.4 Å². The molecule has 3 nitrogen and oxygen atoms in total. The largest absolute Gasteiger partial charge is 0.447 e. The molecule has 1 aliphatic heterocycles. The van der Waals surface area contributed by atoms with Gasteiger partial charge in [-0.15, -0.1) is 12.4 Å². The van der Waals surface area contributed by atoms with E-state index in [1.54, 1.807) is 0 Å². The van der Waals surface area contributed by atoms with Gasteiger partial charge >= 0.3 is 6.09 Å². The Bertz CT molecular complexity index is 345. The zero-order valence-corrected chi connectivity index (χ0v) is 9.60. The number of carbonyl (C=O) groups is 1. The molecule has 0 radical (unpaired) electrons. The van der Waals surface area contributed by atoms with Crippen molar-refractivity contribution in [1.82, 2.24) is 5.32 Å². The van der Waals surface area contributed by atoms with Crippen molar-refractivity contribution in [3.8, 4) is 0 Å². The Morgan fingerprint density at radius 3 is 2.86 bits per heavy atom. The minimum absolute atomic E-state index is 0. The maximum atomic E-state index is 10.8. The van der Waals surface area contributed by atoms with Crippen LogP contribution < -0.4 is 5.32 Å². The SMILES string of the molecule is Cl.O=C1N[C@H](c2cccc(Br)c2)CO1. The van der Waals surface area contributed by atoms with Crippen LogP contribution in [0.1, 0.15) is 11.6 Å². The molecule has 1 heterocycles. The van der Waals surface area contributed by atoms with Gasteiger partial charge in [0.25, 0.3) is 0 Å². The minimum atomic E-state index is -0.343. The lowest BCUT2D eigenvalue weighted by Gasteiger charge is -2.06. The van der Waals surface area contributed by atoms with Gasteiger partial charge in [0.05, 0.1) is 6.04 Å². The van der Waals surface area contributed by atoms with Crippen LogP contribution in [-0.4, -0.2) is 12.7 Å². The number of ether oxygens (including phenoxy) is 1. The van der Waals surface area contributed by atoms with Gasteiger partial charge in [-0.1, -0.05) is 28.1 Å². The summed E-state index contributed by atoms with van der Waals surface area (Å²) in [4.78, 5) is 10.8. The molecule has 1 amide bonds. The van der Waals surface area contributed by atoms with E-state index in [9.17, 15) is 4.79 Å². The number of halogens is 2. The summed E-state index contributed by atoms with van der Waals surface area (Å²) in [5, 5.41) is 2.72. The van der Waals surface area contributed by atoms with Crippen LogP contribution in [0.25, 0.3) is 0 Å². The van der Waals surface area contributed by atoms with Crippen LogP contribution in [-0.2, 0) is 4.74 Å². The molecule has 1 fully saturated rings. The van der Waals surface area contributed by atoms with Crippen molar-refractivity contribution in [2.45, 2.75) is 6.04 Å². The highest BCUT2D eigenvalue weighted by molar-refractivity contribution is 9.10. The van der Waals surface area contributed by atoms with E-state index < -0.39 is 0 Å². The lowest BCUT2D eigenvalue weighted by molar-refractivity contribution is 0.177. The molecule has 1 aliphatic rings. The van der Waals surface area contributed by atoms with Gasteiger partial charge in [-0.2, -0.15) is 0 Å². The summed E-state index contributed by atoms with van der Waals surface area (Å²) < 4.78 is 5.80. The van der Waals surface area contributed by atoms with Gasteiger partial charge in [0.15, 0.2) is 0 Å². The summed E-state index contributed by atoms with van der Waals surface area (Å²) in [5.41, 5.74) is 1.06. The molecule has 1 aromatic rings. The lowest BCUT2D eigenvalue weighted by atomic mass is 10.1. The maximum absolute atomic E-state index is 10.8. The summed E-state index contributed by atoms with van der Waals surface area (Å²) in [6.07, 6.45) is -0.343. The number of rotatable bonds is 1. The zero-order chi connectivity index (χ0) is 9.26. The first-order valence-electron chi connectivity index (χ1n) is 3.94. The van der Waals surface area contributed by atoms with Crippen molar-refractivity contribution in [2.24, 2.45) is 0 Å². The summed E-state index contributed by atoms with van der Waals surface area (Å²) >= 11 is 3.37. The highest BCUT2D eigenvalue weighted by Crippen LogP contribution is 2.21. The number of alkyl carbamates (subject to hydrolysis) is 1. The first-order valence-corrected chi connectivity index (χ1v) is 4.74. The number of cyclic esters (lactones) is 1. The third kappa shape index (κ3) is 2.39. The van der Waals surface area contributed by atoms with Gasteiger partial charge in [-0.3, -0.25) is 0 Å². The fourth-order valence-electron chi connectivity index (χ4n) is 1.29. The Hall–Kier alpha value is -0.740. The minimum Gasteiger partial charge on any atom is -0.447 e. The second kappa shape index (κ2) is 4.66. The molecule has 2 rings (SSSR count). The Balaban J connectivity index is 0.000000980. The number of nitrogens with one attached hydrogen (secondary N) is 1. The summed E-state index contributed by atoms with van der Waals surface area (Å²) in [6, 6.07) is 7.81. The molecule has 0 aromatic heterocycles. The molecule has 14 heavy (non-hydrogen) atoms. The van der Waals surface area contributed by atoms with E-state index >= 15 is 0 Å². The van der Waals surface area contributed by atoms with E-state index in [4.69, 9.17) is 4.74 Å². The van der Waals surface area contributed by atoms with Gasteiger partial charge in [0.1, 0.15) is 6.61 Å². The normalized spacial score (nSPS) is 19.5.